The van der Waals surface area contributed by atoms with Crippen LogP contribution < -0.4 is 34.5 Å². The largest absolute Gasteiger partial charge is 0.494 e. The van der Waals surface area contributed by atoms with Gasteiger partial charge in [0.15, 0.2) is 0 Å². The van der Waals surface area contributed by atoms with Gasteiger partial charge in [0.2, 0.25) is 5.36 Å². The molecule has 5 aromatic rings. The summed E-state index contributed by atoms with van der Waals surface area (Å²) < 4.78 is 42.6. The Morgan fingerprint density at radius 3 is 1.96 bits per heavy atom. The summed E-state index contributed by atoms with van der Waals surface area (Å²) in [6, 6.07) is 31.7. The van der Waals surface area contributed by atoms with E-state index in [0.29, 0.717) is 111 Å². The predicted octanol–water partition coefficient (Wildman–Crippen LogP) is 10.7. The number of fused-ring (bicyclic) bond motifs is 2. The Hall–Kier alpha value is -8.40. The molecular weight excluding hydrogens is 1030 g/mol. The van der Waals surface area contributed by atoms with E-state index in [1.807, 2.05) is 74.1 Å². The molecule has 0 saturated heterocycles. The van der Waals surface area contributed by atoms with Crippen LogP contribution in [0.3, 0.4) is 0 Å². The molecule has 4 N–H and O–H groups in total. The van der Waals surface area contributed by atoms with Gasteiger partial charge in [-0.15, -0.1) is 10.2 Å². The number of azo groups is 2. The first-order chi connectivity index (χ1) is 37.5. The number of phosphoric acid groups is 1. The summed E-state index contributed by atoms with van der Waals surface area (Å²) in [5, 5.41) is 52.7. The van der Waals surface area contributed by atoms with Crippen LogP contribution in [0.4, 0.5) is 39.8 Å². The van der Waals surface area contributed by atoms with Gasteiger partial charge >= 0.3 is 13.8 Å². The van der Waals surface area contributed by atoms with Crippen molar-refractivity contribution in [3.8, 4) is 33.9 Å². The lowest BCUT2D eigenvalue weighted by Crippen LogP contribution is -2.30. The van der Waals surface area contributed by atoms with Gasteiger partial charge in [-0.1, -0.05) is 12.8 Å². The lowest BCUT2D eigenvalue weighted by Gasteiger charge is -2.24. The minimum Gasteiger partial charge on any atom is -0.494 e. The molecule has 1 aliphatic heterocycles. The van der Waals surface area contributed by atoms with E-state index >= 15 is 0 Å². The first-order valence-corrected chi connectivity index (χ1v) is 26.2. The molecule has 1 aliphatic carbocycles. The van der Waals surface area contributed by atoms with Gasteiger partial charge in [-0.05, 0) is 91.2 Å². The van der Waals surface area contributed by atoms with Crippen LogP contribution in [0.5, 0.6) is 11.5 Å². The first-order valence-electron chi connectivity index (χ1n) is 24.7. The van der Waals surface area contributed by atoms with E-state index in [9.17, 15) is 39.4 Å². The van der Waals surface area contributed by atoms with Crippen molar-refractivity contribution in [2.75, 3.05) is 91.7 Å². The number of carbonyl (C=O) groups excluding carboxylic acids is 1. The van der Waals surface area contributed by atoms with E-state index < -0.39 is 18.7 Å². The van der Waals surface area contributed by atoms with Crippen molar-refractivity contribution in [3.63, 3.8) is 0 Å². The number of nitrogens with zero attached hydrogens (tertiary/aromatic N) is 8. The third-order valence-corrected chi connectivity index (χ3v) is 13.4. The summed E-state index contributed by atoms with van der Waals surface area (Å²) in [5.74, 6) is -0.279. The number of aliphatic hydroxyl groups is 1. The third kappa shape index (κ3) is 14.7. The zero-order valence-corrected chi connectivity index (χ0v) is 44.9. The number of carbonyl (C=O) groups is 2. The quantitative estimate of drug-likeness (QED) is 0.00746. The van der Waals surface area contributed by atoms with E-state index in [0.717, 1.165) is 11.0 Å². The fourth-order valence-corrected chi connectivity index (χ4v) is 9.01. The molecule has 1 amide bonds. The van der Waals surface area contributed by atoms with Crippen molar-refractivity contribution in [1.82, 2.24) is 9.89 Å². The average Bonchev–Trinajstić information content (AvgIpc) is 3.58. The fourth-order valence-electron chi connectivity index (χ4n) is 8.27. The molecule has 22 nitrogen and oxygen atoms in total. The Morgan fingerprint density at radius 2 is 1.36 bits per heavy atom. The molecule has 0 bridgehead atoms. The molecule has 5 aromatic carbocycles. The van der Waals surface area contributed by atoms with Crippen molar-refractivity contribution in [2.45, 2.75) is 25.7 Å². The number of hydrogen-bond acceptors (Lipinski definition) is 17. The number of carboxylic acids is 1. The van der Waals surface area contributed by atoms with E-state index in [2.05, 4.69) is 25.8 Å². The maximum absolute atomic E-state index is 13.5. The molecule has 23 heteroatoms. The number of carboxylic acid groups (broad SMARTS) is 1. The zero-order chi connectivity index (χ0) is 55.9. The second kappa shape index (κ2) is 26.6. The van der Waals surface area contributed by atoms with Gasteiger partial charge in [0.05, 0.1) is 62.0 Å². The van der Waals surface area contributed by atoms with Gasteiger partial charge in [-0.2, -0.15) is 10.2 Å². The van der Waals surface area contributed by atoms with Crippen molar-refractivity contribution in [1.29, 1.82) is 0 Å². The van der Waals surface area contributed by atoms with Crippen molar-refractivity contribution >= 4 is 70.5 Å². The van der Waals surface area contributed by atoms with Crippen LogP contribution >= 0.6 is 7.82 Å². The van der Waals surface area contributed by atoms with Crippen LogP contribution in [-0.4, -0.2) is 114 Å². The Kier molecular flexibility index (Phi) is 19.5. The number of nitrogens with one attached hydrogen (secondary N) is 1. The van der Waals surface area contributed by atoms with Gasteiger partial charge in [0, 0.05) is 104 Å². The highest BCUT2D eigenvalue weighted by Crippen LogP contribution is 2.45. The van der Waals surface area contributed by atoms with E-state index in [4.69, 9.17) is 22.9 Å². The molecule has 0 saturated carbocycles. The summed E-state index contributed by atoms with van der Waals surface area (Å²) in [7, 11) is 6.21. The molecular formula is C55H61N9O13P+. The molecule has 1 heterocycles. The predicted molar refractivity (Wildman–Crippen MR) is 296 cm³/mol. The maximum Gasteiger partial charge on any atom is 0.472 e. The smallest absolute Gasteiger partial charge is 0.472 e. The SMILES string of the molecule is COc1cc(N=Nc2ccc([N+](=O)[O-])cc2)c(OC)cc1N=Nc1ccc(N(CCO)CCOP(=O)(O)OCCCCCCNC(=O)c2ccc(C(=O)O)c(-c3c4ccc(=[N+](C)C)cc-4oc4cc(N(C)C)ccc34)c2)cc1. The molecule has 2 aliphatic rings. The van der Waals surface area contributed by atoms with Gasteiger partial charge < -0.3 is 44.1 Å². The lowest BCUT2D eigenvalue weighted by molar-refractivity contribution is -0.384. The summed E-state index contributed by atoms with van der Waals surface area (Å²) >= 11 is 0. The number of nitro benzene ring substituents is 1. The molecule has 78 heavy (non-hydrogen) atoms. The number of nitro groups is 1. The number of unbranched alkanes of at least 4 members (excludes halogenated alkanes) is 3. The highest BCUT2D eigenvalue weighted by atomic mass is 31.2. The van der Waals surface area contributed by atoms with Crippen molar-refractivity contribution in [3.05, 3.63) is 142 Å². The number of non-ortho nitro benzene ring substituents is 1. The van der Waals surface area contributed by atoms with E-state index in [1.165, 1.54) is 50.6 Å². The summed E-state index contributed by atoms with van der Waals surface area (Å²) in [6.45, 7) is 0.307. The number of hydrogen-bond donors (Lipinski definition) is 4. The number of aromatic carboxylic acids is 1. The van der Waals surface area contributed by atoms with Crippen molar-refractivity contribution in [2.24, 2.45) is 20.5 Å². The third-order valence-electron chi connectivity index (χ3n) is 12.4. The molecule has 7 rings (SSSR count). The number of aliphatic hydroxyl groups excluding tert-OH is 1. The Balaban J connectivity index is 0.869. The van der Waals surface area contributed by atoms with Crippen molar-refractivity contribution < 1.29 is 57.1 Å². The number of anilines is 2. The standard InChI is InChI=1S/C55H60N9O13P/c1-61(2)41-20-23-44-49(32-41)77-50-33-42(62(3)4)21-24-45(50)53(44)46-31-36(11-22-43(46)55(67)68)54(66)56-25-9-7-8-10-29-75-78(71,72)76-30-27-63(26-28-65)39-16-12-37(13-17-39)57-59-47-34-52(74-6)48(35-51(47)73-5)60-58-38-14-18-40(19-15-38)64(69)70/h11-24,31-35,65H,7-10,25-30H2,1-6H3,(H2-,56,66,67,68,71,72)/p+1. The molecule has 0 aromatic heterocycles. The number of benzene rings is 6. The summed E-state index contributed by atoms with van der Waals surface area (Å²) in [6.07, 6.45) is 2.41. The van der Waals surface area contributed by atoms with Crippen LogP contribution in [0.2, 0.25) is 0 Å². The molecule has 0 spiro atoms. The minimum atomic E-state index is -4.40. The fraction of sp³-hybridized carbons (Fsp3) is 0.291. The Bertz CT molecular complexity index is 3420. The molecule has 0 radical (unpaired) electrons. The minimum absolute atomic E-state index is 0.0313. The van der Waals surface area contributed by atoms with Crippen LogP contribution in [0.15, 0.2) is 140 Å². The highest BCUT2D eigenvalue weighted by molar-refractivity contribution is 7.47. The molecule has 408 valence electrons. The second-order valence-electron chi connectivity index (χ2n) is 18.1. The number of phosphoric ester groups is 1. The Labute approximate surface area is 449 Å². The monoisotopic (exact) mass is 1090 g/mol. The summed E-state index contributed by atoms with van der Waals surface area (Å²) in [4.78, 5) is 50.8. The molecule has 1 atom stereocenters. The van der Waals surface area contributed by atoms with Gasteiger partial charge in [-0.3, -0.25) is 24.0 Å². The number of ether oxygens (including phenoxy) is 2. The zero-order valence-electron chi connectivity index (χ0n) is 44.0. The molecule has 1 unspecified atom stereocenters. The Morgan fingerprint density at radius 1 is 0.731 bits per heavy atom. The summed E-state index contributed by atoms with van der Waals surface area (Å²) in [5.41, 5.74) is 5.68. The maximum atomic E-state index is 13.5. The van der Waals surface area contributed by atoms with Crippen LogP contribution in [0.25, 0.3) is 33.4 Å². The molecule has 0 fully saturated rings. The van der Waals surface area contributed by atoms with Gasteiger partial charge in [0.25, 0.3) is 11.6 Å². The second-order valence-corrected chi connectivity index (χ2v) is 19.5. The first kappa shape index (κ1) is 57.3. The average molecular weight is 1090 g/mol. The van der Waals surface area contributed by atoms with Crippen LogP contribution in [0.1, 0.15) is 46.4 Å². The van der Waals surface area contributed by atoms with Gasteiger partial charge in [0.1, 0.15) is 48.3 Å². The van der Waals surface area contributed by atoms with E-state index in [1.54, 1.807) is 47.4 Å². The highest BCUT2D eigenvalue weighted by Gasteiger charge is 2.25. The number of rotatable bonds is 26. The van der Waals surface area contributed by atoms with Gasteiger partial charge in [-0.25, -0.2) is 13.9 Å². The lowest BCUT2D eigenvalue weighted by atomic mass is 9.89. The number of methoxy groups -OCH3 is 2. The number of amides is 1. The van der Waals surface area contributed by atoms with Crippen LogP contribution in [-0.2, 0) is 13.6 Å². The topological polar surface area (TPSA) is 276 Å². The van der Waals surface area contributed by atoms with E-state index in [-0.39, 0.29) is 50.1 Å². The van der Waals surface area contributed by atoms with Crippen LogP contribution in [0, 0.1) is 10.1 Å². The normalized spacial score (nSPS) is 12.3.